The van der Waals surface area contributed by atoms with E-state index in [1.165, 1.54) is 30.4 Å². The number of pyridine rings is 1. The number of amides is 1. The third kappa shape index (κ3) is 4.96. The summed E-state index contributed by atoms with van der Waals surface area (Å²) in [7, 11) is 0. The van der Waals surface area contributed by atoms with E-state index in [1.807, 2.05) is 41.1 Å². The van der Waals surface area contributed by atoms with E-state index in [0.717, 1.165) is 22.6 Å². The van der Waals surface area contributed by atoms with Gasteiger partial charge in [0.1, 0.15) is 22.3 Å². The predicted octanol–water partition coefficient (Wildman–Crippen LogP) is 6.18. The number of carbonyl (C=O) groups is 2. The number of fused-ring (bicyclic) bond motifs is 1. The van der Waals surface area contributed by atoms with E-state index < -0.39 is 11.7 Å². The minimum Gasteiger partial charge on any atom is -0.367 e. The molecule has 1 fully saturated rings. The summed E-state index contributed by atoms with van der Waals surface area (Å²) in [6, 6.07) is 13.8. The molecule has 5 aromatic rings. The summed E-state index contributed by atoms with van der Waals surface area (Å²) in [5.74, 6) is -1.54. The maximum Gasteiger partial charge on any atom is 0.289 e. The maximum atomic E-state index is 16.2. The highest BCUT2D eigenvalue weighted by atomic mass is 32.1. The number of Topliss-reactive ketones (excluding diaryl/α,β-unsaturated/α-hetero) is 1. The average Bonchev–Trinajstić information content (AvgIpc) is 3.63. The molecule has 0 saturated carbocycles. The van der Waals surface area contributed by atoms with Gasteiger partial charge in [0.05, 0.1) is 22.8 Å². The van der Waals surface area contributed by atoms with Crippen molar-refractivity contribution in [3.63, 3.8) is 0 Å². The highest BCUT2D eigenvalue weighted by Crippen LogP contribution is 2.37. The summed E-state index contributed by atoms with van der Waals surface area (Å²) >= 11 is 1.42. The van der Waals surface area contributed by atoms with Gasteiger partial charge in [-0.05, 0) is 61.4 Å². The molecule has 0 unspecified atom stereocenters. The van der Waals surface area contributed by atoms with E-state index >= 15 is 4.39 Å². The molecule has 0 N–H and O–H groups in total. The average molecular weight is 586 g/mol. The van der Waals surface area contributed by atoms with Crippen LogP contribution in [0.3, 0.4) is 0 Å². The van der Waals surface area contributed by atoms with Crippen molar-refractivity contribution >= 4 is 34.4 Å². The van der Waals surface area contributed by atoms with Crippen LogP contribution in [0.15, 0.2) is 60.1 Å². The third-order valence-corrected chi connectivity index (χ3v) is 8.63. The van der Waals surface area contributed by atoms with Crippen molar-refractivity contribution in [2.75, 3.05) is 31.1 Å². The van der Waals surface area contributed by atoms with E-state index in [1.54, 1.807) is 30.0 Å². The number of benzene rings is 2. The molecule has 42 heavy (non-hydrogen) atoms. The van der Waals surface area contributed by atoms with Gasteiger partial charge in [-0.1, -0.05) is 13.0 Å². The van der Waals surface area contributed by atoms with Crippen LogP contribution in [0.25, 0.3) is 38.7 Å². The molecule has 1 aliphatic rings. The van der Waals surface area contributed by atoms with Crippen molar-refractivity contribution < 1.29 is 18.4 Å². The zero-order chi connectivity index (χ0) is 29.5. The van der Waals surface area contributed by atoms with Crippen molar-refractivity contribution in [2.45, 2.75) is 27.2 Å². The maximum absolute atomic E-state index is 16.2. The highest BCUT2D eigenvalue weighted by molar-refractivity contribution is 7.13. The normalized spacial score (nSPS) is 13.6. The van der Waals surface area contributed by atoms with Crippen molar-refractivity contribution in [3.8, 4) is 33.1 Å². The predicted molar refractivity (Wildman–Crippen MR) is 161 cm³/mol. The molecule has 0 radical (unpaired) electrons. The summed E-state index contributed by atoms with van der Waals surface area (Å²) in [6.07, 6.45) is 2.60. The zero-order valence-electron chi connectivity index (χ0n) is 23.5. The second-order valence-corrected chi connectivity index (χ2v) is 11.2. The number of halogens is 2. The lowest BCUT2D eigenvalue weighted by molar-refractivity contribution is -0.143. The SMILES string of the molecule is CCc1nc2ccc(N3CCN(C(=O)C(C)=O)CC3)cn2c1-c1ccc(-c2nc(-c3ccc(F)cc3)cs2)c(C)c1F. The minimum absolute atomic E-state index is 0.308. The number of hydrogen-bond acceptors (Lipinski definition) is 6. The molecule has 1 amide bonds. The lowest BCUT2D eigenvalue weighted by Crippen LogP contribution is -2.50. The Morgan fingerprint density at radius 2 is 1.64 bits per heavy atom. The summed E-state index contributed by atoms with van der Waals surface area (Å²) in [5.41, 5.74) is 6.34. The number of thiazole rings is 1. The summed E-state index contributed by atoms with van der Waals surface area (Å²) in [6.45, 7) is 7.16. The van der Waals surface area contributed by atoms with Gasteiger partial charge in [-0.25, -0.2) is 18.7 Å². The van der Waals surface area contributed by atoms with Gasteiger partial charge in [0.25, 0.3) is 5.91 Å². The number of ketones is 1. The molecule has 4 heterocycles. The number of aromatic nitrogens is 3. The van der Waals surface area contributed by atoms with E-state index in [0.29, 0.717) is 65.7 Å². The van der Waals surface area contributed by atoms with Crippen LogP contribution in [0.5, 0.6) is 0 Å². The Labute approximate surface area is 246 Å². The molecule has 0 aliphatic carbocycles. The smallest absolute Gasteiger partial charge is 0.289 e. The molecule has 3 aromatic heterocycles. The van der Waals surface area contributed by atoms with Gasteiger partial charge in [-0.2, -0.15) is 0 Å². The number of rotatable bonds is 6. The Kier molecular flexibility index (Phi) is 7.32. The number of carbonyl (C=O) groups excluding carboxylic acids is 2. The summed E-state index contributed by atoms with van der Waals surface area (Å²) in [5, 5.41) is 2.58. The Morgan fingerprint density at radius 1 is 0.929 bits per heavy atom. The number of anilines is 1. The van der Waals surface area contributed by atoms with Gasteiger partial charge in [0, 0.05) is 61.4 Å². The second kappa shape index (κ2) is 11.1. The number of imidazole rings is 1. The van der Waals surface area contributed by atoms with Crippen molar-refractivity contribution in [1.29, 1.82) is 0 Å². The zero-order valence-corrected chi connectivity index (χ0v) is 24.3. The molecule has 1 saturated heterocycles. The third-order valence-electron chi connectivity index (χ3n) is 7.76. The number of nitrogens with zero attached hydrogens (tertiary/aromatic N) is 5. The second-order valence-electron chi connectivity index (χ2n) is 10.4. The molecular formula is C32H29F2N5O2S. The molecule has 7 nitrogen and oxygen atoms in total. The van der Waals surface area contributed by atoms with Crippen molar-refractivity contribution in [1.82, 2.24) is 19.3 Å². The molecule has 10 heteroatoms. The molecule has 214 valence electrons. The first-order chi connectivity index (χ1) is 20.2. The number of aryl methyl sites for hydroxylation is 1. The van der Waals surface area contributed by atoms with Crippen LogP contribution < -0.4 is 4.90 Å². The topological polar surface area (TPSA) is 70.8 Å². The van der Waals surface area contributed by atoms with Gasteiger partial charge in [-0.3, -0.25) is 14.0 Å². The van der Waals surface area contributed by atoms with Crippen LogP contribution in [0.2, 0.25) is 0 Å². The van der Waals surface area contributed by atoms with Gasteiger partial charge < -0.3 is 9.80 Å². The quantitative estimate of drug-likeness (QED) is 0.223. The Morgan fingerprint density at radius 3 is 2.33 bits per heavy atom. The van der Waals surface area contributed by atoms with Crippen LogP contribution in [0, 0.1) is 18.6 Å². The van der Waals surface area contributed by atoms with Gasteiger partial charge in [-0.15, -0.1) is 11.3 Å². The van der Waals surface area contributed by atoms with Crippen LogP contribution >= 0.6 is 11.3 Å². The first kappa shape index (κ1) is 27.7. The van der Waals surface area contributed by atoms with Crippen molar-refractivity contribution in [2.24, 2.45) is 0 Å². The van der Waals surface area contributed by atoms with E-state index in [2.05, 4.69) is 4.90 Å². The molecule has 6 rings (SSSR count). The molecule has 2 aromatic carbocycles. The molecule has 0 spiro atoms. The van der Waals surface area contributed by atoms with E-state index in [9.17, 15) is 14.0 Å². The van der Waals surface area contributed by atoms with Crippen LogP contribution in [0.4, 0.5) is 14.5 Å². The van der Waals surface area contributed by atoms with Crippen LogP contribution in [-0.2, 0) is 16.0 Å². The van der Waals surface area contributed by atoms with Gasteiger partial charge >= 0.3 is 0 Å². The van der Waals surface area contributed by atoms with Crippen molar-refractivity contribution in [3.05, 3.63) is 83.0 Å². The van der Waals surface area contributed by atoms with Gasteiger partial charge in [0.15, 0.2) is 0 Å². The number of piperazine rings is 1. The standard InChI is InChI=1S/C32H29F2N5O2S/c1-4-26-30(39-17-23(9-12-28(39)35-26)37-13-15-38(16-14-37)32(41)20(3)40)25-11-10-24(19(2)29(25)34)31-36-27(18-42-31)21-5-7-22(33)8-6-21/h5-12,17-18H,4,13-16H2,1-3H3. The first-order valence-electron chi connectivity index (χ1n) is 13.8. The summed E-state index contributed by atoms with van der Waals surface area (Å²) < 4.78 is 31.5. The van der Waals surface area contributed by atoms with Crippen LogP contribution in [-0.4, -0.2) is 57.1 Å². The molecule has 1 aliphatic heterocycles. The monoisotopic (exact) mass is 585 g/mol. The fraction of sp³-hybridized carbons (Fsp3) is 0.250. The van der Waals surface area contributed by atoms with Crippen LogP contribution in [0.1, 0.15) is 25.1 Å². The van der Waals surface area contributed by atoms with E-state index in [-0.39, 0.29) is 11.6 Å². The first-order valence-corrected chi connectivity index (χ1v) is 14.7. The fourth-order valence-corrected chi connectivity index (χ4v) is 6.35. The fourth-order valence-electron chi connectivity index (χ4n) is 5.44. The minimum atomic E-state index is -0.452. The largest absolute Gasteiger partial charge is 0.367 e. The summed E-state index contributed by atoms with van der Waals surface area (Å²) in [4.78, 5) is 36.9. The Balaban J connectivity index is 1.34. The highest BCUT2D eigenvalue weighted by Gasteiger charge is 2.25. The Bertz CT molecular complexity index is 1820. The van der Waals surface area contributed by atoms with Gasteiger partial charge in [0.2, 0.25) is 5.78 Å². The molecule has 0 bridgehead atoms. The number of hydrogen-bond donors (Lipinski definition) is 0. The van der Waals surface area contributed by atoms with E-state index in [4.69, 9.17) is 9.97 Å². The molecule has 0 atom stereocenters. The lowest BCUT2D eigenvalue weighted by Gasteiger charge is -2.35. The molecular weight excluding hydrogens is 556 g/mol. The lowest BCUT2D eigenvalue weighted by atomic mass is 10.0. The Hall–Kier alpha value is -4.44.